The van der Waals surface area contributed by atoms with Crippen LogP contribution in [0.15, 0.2) is 24.3 Å². The van der Waals surface area contributed by atoms with Crippen LogP contribution in [0.25, 0.3) is 0 Å². The van der Waals surface area contributed by atoms with Crippen LogP contribution in [-0.4, -0.2) is 18.7 Å². The molecule has 0 saturated heterocycles. The molecule has 2 nitrogen and oxygen atoms in total. The van der Waals surface area contributed by atoms with Crippen LogP contribution >= 0.6 is 0 Å². The first-order valence-electron chi connectivity index (χ1n) is 8.19. The average molecular weight is 293 g/mol. The fourth-order valence-corrected chi connectivity index (χ4v) is 2.86. The molecule has 0 spiro atoms. The van der Waals surface area contributed by atoms with Crippen LogP contribution in [0.5, 0.6) is 0 Å². The van der Waals surface area contributed by atoms with Gasteiger partial charge in [-0.3, -0.25) is 0 Å². The third-order valence-corrected chi connectivity index (χ3v) is 4.27. The molecular formula is C18H28FNO. The standard InChI is InChI=1S/C18H28FNO/c1-13(2)20-12-18(15-6-8-16(19)9-7-15)21-17-10-4-14(3)5-11-17/h6-9,13-14,17-18,20H,4-5,10-12H2,1-3H3. The summed E-state index contributed by atoms with van der Waals surface area (Å²) in [5.74, 6) is 0.628. The van der Waals surface area contributed by atoms with E-state index in [9.17, 15) is 4.39 Å². The highest BCUT2D eigenvalue weighted by Gasteiger charge is 2.23. The molecule has 0 bridgehead atoms. The first-order chi connectivity index (χ1) is 10.0. The van der Waals surface area contributed by atoms with Crippen LogP contribution in [0.1, 0.15) is 58.1 Å². The van der Waals surface area contributed by atoms with Gasteiger partial charge < -0.3 is 10.1 Å². The van der Waals surface area contributed by atoms with Crippen molar-refractivity contribution >= 4 is 0 Å². The second-order valence-corrected chi connectivity index (χ2v) is 6.62. The van der Waals surface area contributed by atoms with Gasteiger partial charge in [-0.25, -0.2) is 4.39 Å². The Morgan fingerprint density at radius 3 is 2.33 bits per heavy atom. The number of rotatable bonds is 6. The molecule has 3 heteroatoms. The van der Waals surface area contributed by atoms with Crippen LogP contribution in [0.4, 0.5) is 4.39 Å². The van der Waals surface area contributed by atoms with Crippen molar-refractivity contribution in [2.24, 2.45) is 5.92 Å². The maximum Gasteiger partial charge on any atom is 0.123 e. The van der Waals surface area contributed by atoms with Crippen LogP contribution in [-0.2, 0) is 4.74 Å². The third-order valence-electron chi connectivity index (χ3n) is 4.27. The molecule has 0 aromatic heterocycles. The normalized spacial score (nSPS) is 24.2. The topological polar surface area (TPSA) is 21.3 Å². The monoisotopic (exact) mass is 293 g/mol. The highest BCUT2D eigenvalue weighted by molar-refractivity contribution is 5.19. The van der Waals surface area contributed by atoms with Crippen LogP contribution in [0.2, 0.25) is 0 Å². The molecule has 0 heterocycles. The molecule has 1 aromatic rings. The van der Waals surface area contributed by atoms with E-state index in [0.29, 0.717) is 12.1 Å². The van der Waals surface area contributed by atoms with Crippen LogP contribution in [0.3, 0.4) is 0 Å². The van der Waals surface area contributed by atoms with Gasteiger partial charge in [0.2, 0.25) is 0 Å². The highest BCUT2D eigenvalue weighted by atomic mass is 19.1. The van der Waals surface area contributed by atoms with Crippen molar-refractivity contribution < 1.29 is 9.13 Å². The number of hydrogen-bond acceptors (Lipinski definition) is 2. The molecule has 1 N–H and O–H groups in total. The SMILES string of the molecule is CC1CCC(OC(CNC(C)C)c2ccc(F)cc2)CC1. The lowest BCUT2D eigenvalue weighted by Gasteiger charge is -2.31. The number of hydrogen-bond donors (Lipinski definition) is 1. The molecule has 21 heavy (non-hydrogen) atoms. The third kappa shape index (κ3) is 5.40. The van der Waals surface area contributed by atoms with E-state index in [4.69, 9.17) is 4.74 Å². The molecule has 1 atom stereocenters. The highest BCUT2D eigenvalue weighted by Crippen LogP contribution is 2.29. The quantitative estimate of drug-likeness (QED) is 0.836. The van der Waals surface area contributed by atoms with Gasteiger partial charge in [0, 0.05) is 12.6 Å². The van der Waals surface area contributed by atoms with Crippen LogP contribution < -0.4 is 5.32 Å². The lowest BCUT2D eigenvalue weighted by molar-refractivity contribution is -0.0369. The lowest BCUT2D eigenvalue weighted by Crippen LogP contribution is -2.32. The van der Waals surface area contributed by atoms with Gasteiger partial charge in [0.1, 0.15) is 5.82 Å². The smallest absolute Gasteiger partial charge is 0.123 e. The molecule has 118 valence electrons. The summed E-state index contributed by atoms with van der Waals surface area (Å²) in [4.78, 5) is 0. The Balaban J connectivity index is 1.99. The summed E-state index contributed by atoms with van der Waals surface area (Å²) in [7, 11) is 0. The molecule has 0 aliphatic heterocycles. The second kappa shape index (κ2) is 7.90. The van der Waals surface area contributed by atoms with Crippen molar-refractivity contribution in [3.05, 3.63) is 35.6 Å². The molecule has 1 aliphatic carbocycles. The second-order valence-electron chi connectivity index (χ2n) is 6.62. The molecule has 1 unspecified atom stereocenters. The molecule has 0 radical (unpaired) electrons. The summed E-state index contributed by atoms with van der Waals surface area (Å²) in [5, 5.41) is 3.44. The van der Waals surface area contributed by atoms with E-state index < -0.39 is 0 Å². The summed E-state index contributed by atoms with van der Waals surface area (Å²) < 4.78 is 19.4. The van der Waals surface area contributed by atoms with E-state index in [0.717, 1.165) is 30.9 Å². The van der Waals surface area contributed by atoms with Gasteiger partial charge in [0.05, 0.1) is 12.2 Å². The van der Waals surface area contributed by atoms with Gasteiger partial charge >= 0.3 is 0 Å². The zero-order chi connectivity index (χ0) is 15.2. The van der Waals surface area contributed by atoms with Gasteiger partial charge in [-0.1, -0.05) is 32.9 Å². The van der Waals surface area contributed by atoms with Gasteiger partial charge in [-0.2, -0.15) is 0 Å². The van der Waals surface area contributed by atoms with Crippen molar-refractivity contribution in [3.8, 4) is 0 Å². The van der Waals surface area contributed by atoms with E-state index in [1.165, 1.54) is 25.0 Å². The fraction of sp³-hybridized carbons (Fsp3) is 0.667. The molecule has 2 rings (SSSR count). The summed E-state index contributed by atoms with van der Waals surface area (Å²) in [6.07, 6.45) is 5.12. The Labute approximate surface area is 128 Å². The number of halogens is 1. The van der Waals surface area contributed by atoms with E-state index in [-0.39, 0.29) is 11.9 Å². The van der Waals surface area contributed by atoms with Crippen molar-refractivity contribution in [1.82, 2.24) is 5.32 Å². The van der Waals surface area contributed by atoms with E-state index in [1.807, 2.05) is 12.1 Å². The number of nitrogens with one attached hydrogen (secondary N) is 1. The summed E-state index contributed by atoms with van der Waals surface area (Å²) in [5.41, 5.74) is 1.06. The van der Waals surface area contributed by atoms with E-state index in [2.05, 4.69) is 26.1 Å². The molecule has 1 aromatic carbocycles. The Morgan fingerprint density at radius 1 is 1.14 bits per heavy atom. The fourth-order valence-electron chi connectivity index (χ4n) is 2.86. The van der Waals surface area contributed by atoms with Crippen LogP contribution in [0, 0.1) is 11.7 Å². The zero-order valence-corrected chi connectivity index (χ0v) is 13.4. The summed E-state index contributed by atoms with van der Waals surface area (Å²) in [6, 6.07) is 7.14. The van der Waals surface area contributed by atoms with Gasteiger partial charge in [-0.15, -0.1) is 0 Å². The van der Waals surface area contributed by atoms with Gasteiger partial charge in [0.15, 0.2) is 0 Å². The van der Waals surface area contributed by atoms with Crippen molar-refractivity contribution in [2.45, 2.75) is 64.7 Å². The minimum absolute atomic E-state index is 0.00593. The van der Waals surface area contributed by atoms with Crippen molar-refractivity contribution in [1.29, 1.82) is 0 Å². The van der Waals surface area contributed by atoms with Gasteiger partial charge in [0.25, 0.3) is 0 Å². The Kier molecular flexibility index (Phi) is 6.19. The minimum atomic E-state index is -0.194. The molecular weight excluding hydrogens is 265 g/mol. The lowest BCUT2D eigenvalue weighted by atomic mass is 9.89. The molecule has 0 amide bonds. The Morgan fingerprint density at radius 2 is 1.76 bits per heavy atom. The predicted molar refractivity (Wildman–Crippen MR) is 84.8 cm³/mol. The number of ether oxygens (including phenoxy) is 1. The molecule has 1 fully saturated rings. The maximum atomic E-state index is 13.1. The minimum Gasteiger partial charge on any atom is -0.369 e. The Bertz CT molecular complexity index is 410. The average Bonchev–Trinajstić information content (AvgIpc) is 2.46. The molecule has 1 saturated carbocycles. The maximum absolute atomic E-state index is 13.1. The largest absolute Gasteiger partial charge is 0.369 e. The summed E-state index contributed by atoms with van der Waals surface area (Å²) >= 11 is 0. The summed E-state index contributed by atoms with van der Waals surface area (Å²) in [6.45, 7) is 7.34. The first-order valence-corrected chi connectivity index (χ1v) is 8.19. The van der Waals surface area contributed by atoms with Crippen molar-refractivity contribution in [3.63, 3.8) is 0 Å². The Hall–Kier alpha value is -0.930. The zero-order valence-electron chi connectivity index (χ0n) is 13.4. The van der Waals surface area contributed by atoms with E-state index in [1.54, 1.807) is 0 Å². The molecule has 1 aliphatic rings. The van der Waals surface area contributed by atoms with E-state index >= 15 is 0 Å². The van der Waals surface area contributed by atoms with Gasteiger partial charge in [-0.05, 0) is 49.3 Å². The van der Waals surface area contributed by atoms with Crippen molar-refractivity contribution in [2.75, 3.05) is 6.54 Å². The number of benzene rings is 1. The predicted octanol–water partition coefficient (Wildman–Crippen LogP) is 4.46. The first kappa shape index (κ1) is 16.4.